The monoisotopic (exact) mass is 295 g/mol. The summed E-state index contributed by atoms with van der Waals surface area (Å²) in [5.41, 5.74) is 3.89. The van der Waals surface area contributed by atoms with Gasteiger partial charge in [0.1, 0.15) is 0 Å². The van der Waals surface area contributed by atoms with Gasteiger partial charge < -0.3 is 5.32 Å². The molecule has 20 heavy (non-hydrogen) atoms. The molecule has 0 bridgehead atoms. The number of hydrogen-bond donors (Lipinski definition) is 1. The third-order valence-electron chi connectivity index (χ3n) is 3.98. The average Bonchev–Trinajstić information content (AvgIpc) is 2.42. The molecule has 0 aliphatic carbocycles. The van der Waals surface area contributed by atoms with Crippen molar-refractivity contribution in [1.29, 1.82) is 0 Å². The molecule has 0 saturated carbocycles. The molecule has 0 saturated heterocycles. The minimum Gasteiger partial charge on any atom is -0.310 e. The summed E-state index contributed by atoms with van der Waals surface area (Å²) in [5, 5.41) is 4.58. The van der Waals surface area contributed by atoms with Gasteiger partial charge in [0.15, 0.2) is 0 Å². The van der Waals surface area contributed by atoms with Crippen molar-refractivity contribution in [2.45, 2.75) is 72.3 Å². The molecule has 1 atom stereocenters. The highest BCUT2D eigenvalue weighted by Gasteiger charge is 2.15. The summed E-state index contributed by atoms with van der Waals surface area (Å²) < 4.78 is 0. The zero-order valence-corrected chi connectivity index (χ0v) is 14.3. The Kier molecular flexibility index (Phi) is 8.25. The molecule has 0 aromatic heterocycles. The molecule has 114 valence electrons. The lowest BCUT2D eigenvalue weighted by Gasteiger charge is -2.21. The van der Waals surface area contributed by atoms with Gasteiger partial charge in [-0.1, -0.05) is 57.2 Å². The standard InChI is InChI=1S/C18H30ClN/c1-5-7-8-9-10-18(20-11-6-2)16-12-14(3)15(4)13-17(16)19/h12-13,18,20H,5-11H2,1-4H3. The first-order chi connectivity index (χ1) is 9.60. The molecule has 1 aromatic rings. The first-order valence-corrected chi connectivity index (χ1v) is 8.48. The molecule has 1 aromatic carbocycles. The SMILES string of the molecule is CCCCCCC(NCCC)c1cc(C)c(C)cc1Cl. The minimum atomic E-state index is 0.401. The van der Waals surface area contributed by atoms with Gasteiger partial charge in [-0.2, -0.15) is 0 Å². The second-order valence-corrected chi connectivity index (χ2v) is 6.22. The van der Waals surface area contributed by atoms with E-state index in [1.165, 1.54) is 48.8 Å². The van der Waals surface area contributed by atoms with E-state index in [0.29, 0.717) is 6.04 Å². The predicted molar refractivity (Wildman–Crippen MR) is 90.7 cm³/mol. The van der Waals surface area contributed by atoms with E-state index in [-0.39, 0.29) is 0 Å². The lowest BCUT2D eigenvalue weighted by molar-refractivity contribution is 0.470. The van der Waals surface area contributed by atoms with Crippen LogP contribution in [-0.4, -0.2) is 6.54 Å². The number of halogens is 1. The highest BCUT2D eigenvalue weighted by atomic mass is 35.5. The van der Waals surface area contributed by atoms with E-state index >= 15 is 0 Å². The number of nitrogens with one attached hydrogen (secondary N) is 1. The maximum Gasteiger partial charge on any atom is 0.0456 e. The summed E-state index contributed by atoms with van der Waals surface area (Å²) in [7, 11) is 0. The quantitative estimate of drug-likeness (QED) is 0.554. The maximum absolute atomic E-state index is 6.48. The average molecular weight is 296 g/mol. The summed E-state index contributed by atoms with van der Waals surface area (Å²) >= 11 is 6.48. The van der Waals surface area contributed by atoms with Crippen molar-refractivity contribution in [3.63, 3.8) is 0 Å². The molecular formula is C18H30ClN. The third kappa shape index (κ3) is 5.46. The van der Waals surface area contributed by atoms with E-state index in [9.17, 15) is 0 Å². The topological polar surface area (TPSA) is 12.0 Å². The summed E-state index contributed by atoms with van der Waals surface area (Å²) in [6.45, 7) is 9.82. The van der Waals surface area contributed by atoms with Crippen molar-refractivity contribution in [3.05, 3.63) is 33.8 Å². The van der Waals surface area contributed by atoms with E-state index < -0.39 is 0 Å². The van der Waals surface area contributed by atoms with Crippen LogP contribution in [0.15, 0.2) is 12.1 Å². The van der Waals surface area contributed by atoms with Gasteiger partial charge in [0.05, 0.1) is 0 Å². The van der Waals surface area contributed by atoms with E-state index in [1.807, 2.05) is 0 Å². The molecule has 0 radical (unpaired) electrons. The number of aryl methyl sites for hydroxylation is 2. The lowest BCUT2D eigenvalue weighted by Crippen LogP contribution is -2.22. The van der Waals surface area contributed by atoms with Crippen LogP contribution in [0.1, 0.15) is 75.1 Å². The first kappa shape index (κ1) is 17.5. The molecule has 0 spiro atoms. The Morgan fingerprint density at radius 2 is 1.70 bits per heavy atom. The summed E-state index contributed by atoms with van der Waals surface area (Å²) in [4.78, 5) is 0. The normalized spacial score (nSPS) is 12.7. The molecule has 0 aliphatic heterocycles. The Labute approximate surface area is 130 Å². The van der Waals surface area contributed by atoms with E-state index in [1.54, 1.807) is 0 Å². The van der Waals surface area contributed by atoms with Gasteiger partial charge in [-0.05, 0) is 56.0 Å². The number of rotatable bonds is 9. The second-order valence-electron chi connectivity index (χ2n) is 5.81. The molecule has 1 rings (SSSR count). The fourth-order valence-corrected chi connectivity index (χ4v) is 2.88. The highest BCUT2D eigenvalue weighted by molar-refractivity contribution is 6.31. The molecule has 0 amide bonds. The van der Waals surface area contributed by atoms with Gasteiger partial charge in [-0.15, -0.1) is 0 Å². The Morgan fingerprint density at radius 1 is 1.00 bits per heavy atom. The largest absolute Gasteiger partial charge is 0.310 e. The Balaban J connectivity index is 2.78. The number of hydrogen-bond acceptors (Lipinski definition) is 1. The van der Waals surface area contributed by atoms with Crippen LogP contribution in [0.5, 0.6) is 0 Å². The first-order valence-electron chi connectivity index (χ1n) is 8.10. The van der Waals surface area contributed by atoms with Crippen molar-refractivity contribution in [2.24, 2.45) is 0 Å². The van der Waals surface area contributed by atoms with Crippen molar-refractivity contribution in [1.82, 2.24) is 5.32 Å². The van der Waals surface area contributed by atoms with Gasteiger partial charge in [0.2, 0.25) is 0 Å². The summed E-state index contributed by atoms with van der Waals surface area (Å²) in [5.74, 6) is 0. The smallest absolute Gasteiger partial charge is 0.0456 e. The van der Waals surface area contributed by atoms with E-state index in [2.05, 4.69) is 45.1 Å². The van der Waals surface area contributed by atoms with Crippen molar-refractivity contribution < 1.29 is 0 Å². The summed E-state index contributed by atoms with van der Waals surface area (Å²) in [6.07, 6.45) is 7.57. The molecule has 1 unspecified atom stereocenters. The molecule has 1 nitrogen and oxygen atoms in total. The maximum atomic E-state index is 6.48. The van der Waals surface area contributed by atoms with Crippen LogP contribution in [0.25, 0.3) is 0 Å². The van der Waals surface area contributed by atoms with Crippen LogP contribution in [0.2, 0.25) is 5.02 Å². The van der Waals surface area contributed by atoms with Crippen LogP contribution in [-0.2, 0) is 0 Å². The highest BCUT2D eigenvalue weighted by Crippen LogP contribution is 2.29. The van der Waals surface area contributed by atoms with Crippen LogP contribution < -0.4 is 5.32 Å². The Hall–Kier alpha value is -0.530. The zero-order chi connectivity index (χ0) is 15.0. The molecular weight excluding hydrogens is 266 g/mol. The van der Waals surface area contributed by atoms with Crippen molar-refractivity contribution in [2.75, 3.05) is 6.54 Å². The fraction of sp³-hybridized carbons (Fsp3) is 0.667. The van der Waals surface area contributed by atoms with Gasteiger partial charge in [0, 0.05) is 11.1 Å². The van der Waals surface area contributed by atoms with Crippen molar-refractivity contribution in [3.8, 4) is 0 Å². The third-order valence-corrected chi connectivity index (χ3v) is 4.30. The minimum absolute atomic E-state index is 0.401. The van der Waals surface area contributed by atoms with Gasteiger partial charge >= 0.3 is 0 Å². The Bertz CT molecular complexity index is 401. The van der Waals surface area contributed by atoms with Crippen molar-refractivity contribution >= 4 is 11.6 Å². The molecule has 1 N–H and O–H groups in total. The van der Waals surface area contributed by atoms with Gasteiger partial charge in [-0.3, -0.25) is 0 Å². The van der Waals surface area contributed by atoms with Crippen LogP contribution in [0.3, 0.4) is 0 Å². The Morgan fingerprint density at radius 3 is 2.35 bits per heavy atom. The zero-order valence-electron chi connectivity index (χ0n) is 13.6. The van der Waals surface area contributed by atoms with Crippen LogP contribution in [0.4, 0.5) is 0 Å². The van der Waals surface area contributed by atoms with E-state index in [0.717, 1.165) is 18.0 Å². The molecule has 0 heterocycles. The van der Waals surface area contributed by atoms with Crippen LogP contribution in [0, 0.1) is 13.8 Å². The molecule has 0 aliphatic rings. The molecule has 2 heteroatoms. The predicted octanol–water partition coefficient (Wildman–Crippen LogP) is 5.97. The fourth-order valence-electron chi connectivity index (χ4n) is 2.53. The van der Waals surface area contributed by atoms with E-state index in [4.69, 9.17) is 11.6 Å². The molecule has 0 fully saturated rings. The van der Waals surface area contributed by atoms with Crippen LogP contribution >= 0.6 is 11.6 Å². The number of benzene rings is 1. The summed E-state index contributed by atoms with van der Waals surface area (Å²) in [6, 6.07) is 4.78. The lowest BCUT2D eigenvalue weighted by atomic mass is 9.96. The second kappa shape index (κ2) is 9.41. The van der Waals surface area contributed by atoms with Gasteiger partial charge in [-0.25, -0.2) is 0 Å². The number of unbranched alkanes of at least 4 members (excludes halogenated alkanes) is 3. The van der Waals surface area contributed by atoms with Gasteiger partial charge in [0.25, 0.3) is 0 Å².